The number of nitrogens with zero attached hydrogens (tertiary/aromatic N) is 1. The minimum absolute atomic E-state index is 0.0387. The summed E-state index contributed by atoms with van der Waals surface area (Å²) in [5.41, 5.74) is 2.75. The van der Waals surface area contributed by atoms with Crippen molar-refractivity contribution in [3.05, 3.63) is 107 Å². The van der Waals surface area contributed by atoms with Crippen LogP contribution in [0, 0.1) is 0 Å². The Morgan fingerprint density at radius 3 is 2.09 bits per heavy atom. The molecule has 0 bridgehead atoms. The van der Waals surface area contributed by atoms with Gasteiger partial charge in [-0.3, -0.25) is 19.2 Å². The number of hydrogen-bond acceptors (Lipinski definition) is 12. The maximum absolute atomic E-state index is 14.6. The van der Waals surface area contributed by atoms with Crippen LogP contribution in [0.1, 0.15) is 48.1 Å². The lowest BCUT2D eigenvalue weighted by Gasteiger charge is -2.45. The number of aliphatic hydroxyl groups is 1. The highest BCUT2D eigenvalue weighted by Gasteiger charge is 2.48. The fourth-order valence-corrected chi connectivity index (χ4v) is 6.86. The first kappa shape index (κ1) is 40.4. The lowest BCUT2D eigenvalue weighted by Crippen LogP contribution is -2.59. The van der Waals surface area contributed by atoms with Crippen molar-refractivity contribution in [3.8, 4) is 28.7 Å². The normalized spacial score (nSPS) is 16.6. The Kier molecular flexibility index (Phi) is 13.5. The molecule has 6 rings (SSSR count). The SMILES string of the molecule is CCOC(=O)C[C@H]1[C@H](OC(=O)Cc2ccc3c(c2)OCO3)[C@@H](NC(=O)Cc2ccc(OC)cc2)c2cc(OCCCO)ccc2N1C(=O)Cc1ccc(OC)cc1. The summed E-state index contributed by atoms with van der Waals surface area (Å²) >= 11 is 0. The average Bonchev–Trinajstić information content (AvgIpc) is 3.68. The van der Waals surface area contributed by atoms with E-state index in [1.54, 1.807) is 106 Å². The molecule has 0 fully saturated rings. The van der Waals surface area contributed by atoms with Crippen LogP contribution in [0.3, 0.4) is 0 Å². The summed E-state index contributed by atoms with van der Waals surface area (Å²) in [6, 6.07) is 22.0. The number of benzene rings is 4. The van der Waals surface area contributed by atoms with E-state index in [1.807, 2.05) is 0 Å². The van der Waals surface area contributed by atoms with Gasteiger partial charge in [-0.2, -0.15) is 0 Å². The van der Waals surface area contributed by atoms with E-state index in [9.17, 15) is 24.3 Å². The topological polar surface area (TPSA) is 168 Å². The van der Waals surface area contributed by atoms with Gasteiger partial charge in [0.2, 0.25) is 18.6 Å². The molecule has 300 valence electrons. The number of anilines is 1. The van der Waals surface area contributed by atoms with Crippen molar-refractivity contribution in [3.63, 3.8) is 0 Å². The maximum atomic E-state index is 14.6. The Bertz CT molecular complexity index is 2040. The zero-order valence-electron chi connectivity index (χ0n) is 32.1. The molecule has 14 heteroatoms. The number of esters is 2. The zero-order chi connectivity index (χ0) is 40.3. The smallest absolute Gasteiger partial charge is 0.310 e. The van der Waals surface area contributed by atoms with E-state index in [-0.39, 0.29) is 52.3 Å². The Hall–Kier alpha value is -6.28. The number of fused-ring (bicyclic) bond motifs is 2. The number of rotatable bonds is 17. The highest BCUT2D eigenvalue weighted by Crippen LogP contribution is 2.43. The number of aliphatic hydroxyl groups excluding tert-OH is 1. The molecule has 4 aromatic carbocycles. The van der Waals surface area contributed by atoms with E-state index in [0.717, 1.165) is 0 Å². The van der Waals surface area contributed by atoms with Crippen LogP contribution in [0.15, 0.2) is 84.9 Å². The first-order valence-electron chi connectivity index (χ1n) is 18.7. The van der Waals surface area contributed by atoms with E-state index in [2.05, 4.69) is 5.32 Å². The molecule has 3 atom stereocenters. The van der Waals surface area contributed by atoms with Crippen LogP contribution in [-0.4, -0.2) is 81.8 Å². The molecule has 4 aromatic rings. The minimum atomic E-state index is -1.28. The van der Waals surface area contributed by atoms with E-state index < -0.39 is 41.9 Å². The summed E-state index contributed by atoms with van der Waals surface area (Å²) in [7, 11) is 3.10. The lowest BCUT2D eigenvalue weighted by molar-refractivity contribution is -0.156. The Labute approximate surface area is 330 Å². The molecule has 57 heavy (non-hydrogen) atoms. The number of carbonyl (C=O) groups excluding carboxylic acids is 4. The van der Waals surface area contributed by atoms with Crippen molar-refractivity contribution in [1.29, 1.82) is 0 Å². The third kappa shape index (κ3) is 10.1. The van der Waals surface area contributed by atoms with Crippen LogP contribution in [0.25, 0.3) is 0 Å². The van der Waals surface area contributed by atoms with Gasteiger partial charge in [0.1, 0.15) is 23.4 Å². The molecule has 2 aliphatic heterocycles. The van der Waals surface area contributed by atoms with Crippen LogP contribution in [-0.2, 0) is 47.9 Å². The first-order chi connectivity index (χ1) is 27.7. The quantitative estimate of drug-likeness (QED) is 0.113. The Morgan fingerprint density at radius 1 is 0.772 bits per heavy atom. The fraction of sp³-hybridized carbons (Fsp3) is 0.349. The molecule has 14 nitrogen and oxygen atoms in total. The maximum Gasteiger partial charge on any atom is 0.310 e. The monoisotopic (exact) mass is 782 g/mol. The van der Waals surface area contributed by atoms with Gasteiger partial charge in [-0.1, -0.05) is 30.3 Å². The van der Waals surface area contributed by atoms with Crippen molar-refractivity contribution in [2.24, 2.45) is 0 Å². The van der Waals surface area contributed by atoms with E-state index in [1.165, 1.54) is 4.90 Å². The van der Waals surface area contributed by atoms with Crippen molar-refractivity contribution in [2.75, 3.05) is 45.7 Å². The molecule has 0 aromatic heterocycles. The van der Waals surface area contributed by atoms with Crippen LogP contribution < -0.4 is 33.9 Å². The summed E-state index contributed by atoms with van der Waals surface area (Å²) in [5.74, 6) is 0.565. The number of hydrogen-bond donors (Lipinski definition) is 2. The largest absolute Gasteiger partial charge is 0.497 e. The molecular formula is C43H46N2O12. The van der Waals surface area contributed by atoms with Crippen molar-refractivity contribution >= 4 is 29.4 Å². The number of ether oxygens (including phenoxy) is 7. The zero-order valence-corrected chi connectivity index (χ0v) is 32.1. The standard InChI is InChI=1S/C43H46N2O12/c1-4-53-40(49)25-35-43(57-41(50)23-29-10-17-36-37(20-29)56-26-55-36)42(44-38(47)21-27-6-11-30(51-2)12-7-27)33-24-32(54-19-5-18-46)15-16-34(33)45(35)39(48)22-28-8-13-31(52-3)14-9-28/h6-17,20,24,35,42-43,46H,4-5,18-19,21-23,25-26H2,1-3H3,(H,44,47)/t35-,42-,43-/m0/s1. The molecule has 0 saturated heterocycles. The molecule has 2 amide bonds. The second-order valence-electron chi connectivity index (χ2n) is 13.4. The average molecular weight is 783 g/mol. The van der Waals surface area contributed by atoms with Gasteiger partial charge < -0.3 is 48.5 Å². The van der Waals surface area contributed by atoms with Gasteiger partial charge in [0, 0.05) is 24.3 Å². The summed E-state index contributed by atoms with van der Waals surface area (Å²) < 4.78 is 39.2. The van der Waals surface area contributed by atoms with E-state index in [4.69, 9.17) is 33.2 Å². The number of methoxy groups -OCH3 is 2. The van der Waals surface area contributed by atoms with E-state index >= 15 is 0 Å². The van der Waals surface area contributed by atoms with Gasteiger partial charge in [-0.25, -0.2) is 0 Å². The second kappa shape index (κ2) is 19.0. The van der Waals surface area contributed by atoms with Gasteiger partial charge >= 0.3 is 11.9 Å². The number of amides is 2. The number of carbonyl (C=O) groups is 4. The van der Waals surface area contributed by atoms with E-state index in [0.29, 0.717) is 63.1 Å². The predicted molar refractivity (Wildman–Crippen MR) is 207 cm³/mol. The third-order valence-electron chi connectivity index (χ3n) is 9.56. The van der Waals surface area contributed by atoms with Gasteiger partial charge in [0.05, 0.1) is 65.2 Å². The summed E-state index contributed by atoms with van der Waals surface area (Å²) in [6.07, 6.45) is -1.58. The summed E-state index contributed by atoms with van der Waals surface area (Å²) in [4.78, 5) is 57.4. The van der Waals surface area contributed by atoms with Crippen LogP contribution in [0.2, 0.25) is 0 Å². The molecule has 0 aliphatic carbocycles. The predicted octanol–water partition coefficient (Wildman–Crippen LogP) is 4.66. The number of nitrogens with one attached hydrogen (secondary N) is 1. The van der Waals surface area contributed by atoms with Gasteiger partial charge in [0.25, 0.3) is 0 Å². The Balaban J connectivity index is 1.43. The van der Waals surface area contributed by atoms with Crippen LogP contribution in [0.5, 0.6) is 28.7 Å². The molecule has 0 unspecified atom stereocenters. The van der Waals surface area contributed by atoms with Crippen molar-refractivity contribution in [1.82, 2.24) is 5.32 Å². The lowest BCUT2D eigenvalue weighted by atomic mass is 9.85. The minimum Gasteiger partial charge on any atom is -0.497 e. The molecule has 2 N–H and O–H groups in total. The van der Waals surface area contributed by atoms with Crippen LogP contribution >= 0.6 is 0 Å². The van der Waals surface area contributed by atoms with Crippen LogP contribution in [0.4, 0.5) is 5.69 Å². The summed E-state index contributed by atoms with van der Waals surface area (Å²) in [5, 5.41) is 12.5. The molecule has 0 saturated carbocycles. The molecular weight excluding hydrogens is 736 g/mol. The van der Waals surface area contributed by atoms with Gasteiger partial charge in [-0.05, 0) is 78.2 Å². The highest BCUT2D eigenvalue weighted by atomic mass is 16.7. The fourth-order valence-electron chi connectivity index (χ4n) is 6.86. The summed E-state index contributed by atoms with van der Waals surface area (Å²) in [6.45, 7) is 1.92. The van der Waals surface area contributed by atoms with Crippen molar-refractivity contribution < 1.29 is 57.4 Å². The van der Waals surface area contributed by atoms with Gasteiger partial charge in [-0.15, -0.1) is 0 Å². The van der Waals surface area contributed by atoms with Gasteiger partial charge in [0.15, 0.2) is 11.5 Å². The van der Waals surface area contributed by atoms with Crippen molar-refractivity contribution in [2.45, 2.75) is 57.2 Å². The first-order valence-corrected chi connectivity index (χ1v) is 18.7. The molecule has 0 spiro atoms. The molecule has 2 aliphatic rings. The third-order valence-corrected chi connectivity index (χ3v) is 9.56. The second-order valence-corrected chi connectivity index (χ2v) is 13.4. The Morgan fingerprint density at radius 2 is 1.42 bits per heavy atom. The molecule has 0 radical (unpaired) electrons. The molecule has 2 heterocycles. The highest BCUT2D eigenvalue weighted by molar-refractivity contribution is 5.98.